The van der Waals surface area contributed by atoms with Crippen molar-refractivity contribution in [3.63, 3.8) is 0 Å². The first-order valence-electron chi connectivity index (χ1n) is 10.4. The van der Waals surface area contributed by atoms with E-state index in [0.29, 0.717) is 17.2 Å². The van der Waals surface area contributed by atoms with E-state index in [9.17, 15) is 9.59 Å². The Hall–Kier alpha value is -1.66. The fourth-order valence-corrected chi connectivity index (χ4v) is 4.79. The molecule has 1 aliphatic heterocycles. The molecule has 2 aliphatic rings. The van der Waals surface area contributed by atoms with Crippen LogP contribution >= 0.6 is 23.4 Å². The van der Waals surface area contributed by atoms with Gasteiger partial charge in [0.1, 0.15) is 6.10 Å². The Morgan fingerprint density at radius 1 is 1.38 bits per heavy atom. The number of rotatable bonds is 8. The summed E-state index contributed by atoms with van der Waals surface area (Å²) >= 11 is 7.94. The van der Waals surface area contributed by atoms with Gasteiger partial charge in [-0.05, 0) is 67.4 Å². The van der Waals surface area contributed by atoms with Crippen molar-refractivity contribution in [1.82, 2.24) is 10.6 Å². The molecule has 0 radical (unpaired) electrons. The van der Waals surface area contributed by atoms with Gasteiger partial charge < -0.3 is 15.4 Å². The molecule has 2 amide bonds. The molecule has 158 valence electrons. The summed E-state index contributed by atoms with van der Waals surface area (Å²) in [6.45, 7) is 2.89. The standard InChI is InChI=1S/C22H29ClN2O3S/c1-2-10-29-11-4-9-24-21(26)16-7-8-19-18(14-16)25-22(27)20(28-19)13-15-5-3-6-17(23)12-15/h3,5-6,12-13,16,18-19H,2,4,7-11,14H2,1H3,(H,24,26)(H,25,27)/b20-13+. The average Bonchev–Trinajstić information content (AvgIpc) is 2.70. The quantitative estimate of drug-likeness (QED) is 0.477. The van der Waals surface area contributed by atoms with Gasteiger partial charge in [0.2, 0.25) is 5.91 Å². The molecule has 3 unspecified atom stereocenters. The van der Waals surface area contributed by atoms with Crippen LogP contribution in [-0.2, 0) is 14.3 Å². The Morgan fingerprint density at radius 2 is 2.24 bits per heavy atom. The minimum atomic E-state index is -0.236. The molecule has 3 rings (SSSR count). The number of halogens is 1. The second-order valence-corrected chi connectivity index (χ2v) is 9.23. The van der Waals surface area contributed by atoms with Crippen LogP contribution in [0.1, 0.15) is 44.6 Å². The van der Waals surface area contributed by atoms with Crippen LogP contribution < -0.4 is 10.6 Å². The van der Waals surface area contributed by atoms with Crippen molar-refractivity contribution >= 4 is 41.3 Å². The molecular weight excluding hydrogens is 408 g/mol. The first kappa shape index (κ1) is 22.0. The Balaban J connectivity index is 1.49. The Morgan fingerprint density at radius 3 is 3.03 bits per heavy atom. The lowest BCUT2D eigenvalue weighted by Crippen LogP contribution is -2.54. The van der Waals surface area contributed by atoms with Gasteiger partial charge in [-0.1, -0.05) is 30.7 Å². The molecule has 5 nitrogen and oxygen atoms in total. The minimum Gasteiger partial charge on any atom is -0.483 e. The van der Waals surface area contributed by atoms with Gasteiger partial charge in [-0.25, -0.2) is 0 Å². The van der Waals surface area contributed by atoms with Crippen LogP contribution in [0, 0.1) is 5.92 Å². The van der Waals surface area contributed by atoms with E-state index in [0.717, 1.165) is 37.1 Å². The summed E-state index contributed by atoms with van der Waals surface area (Å²) in [4.78, 5) is 25.0. The Bertz CT molecular complexity index is 755. The van der Waals surface area contributed by atoms with Gasteiger partial charge in [0.05, 0.1) is 6.04 Å². The zero-order chi connectivity index (χ0) is 20.6. The molecule has 0 aromatic heterocycles. The van der Waals surface area contributed by atoms with Crippen LogP contribution in [0.25, 0.3) is 6.08 Å². The molecule has 1 aromatic rings. The molecule has 1 heterocycles. The van der Waals surface area contributed by atoms with Crippen molar-refractivity contribution in [3.05, 3.63) is 40.6 Å². The van der Waals surface area contributed by atoms with E-state index in [-0.39, 0.29) is 29.9 Å². The summed E-state index contributed by atoms with van der Waals surface area (Å²) in [5.74, 6) is 2.35. The van der Waals surface area contributed by atoms with E-state index in [1.807, 2.05) is 23.9 Å². The number of nitrogens with one attached hydrogen (secondary N) is 2. The van der Waals surface area contributed by atoms with E-state index >= 15 is 0 Å². The van der Waals surface area contributed by atoms with E-state index in [4.69, 9.17) is 16.3 Å². The maximum absolute atomic E-state index is 12.5. The smallest absolute Gasteiger partial charge is 0.286 e. The first-order chi connectivity index (χ1) is 14.1. The van der Waals surface area contributed by atoms with Gasteiger partial charge in [0.15, 0.2) is 5.76 Å². The van der Waals surface area contributed by atoms with E-state index in [1.165, 1.54) is 12.2 Å². The second kappa shape index (κ2) is 10.9. The average molecular weight is 437 g/mol. The lowest BCUT2D eigenvalue weighted by Gasteiger charge is -2.39. The van der Waals surface area contributed by atoms with Gasteiger partial charge in [-0.15, -0.1) is 0 Å². The van der Waals surface area contributed by atoms with Gasteiger partial charge in [0, 0.05) is 17.5 Å². The largest absolute Gasteiger partial charge is 0.483 e. The van der Waals surface area contributed by atoms with E-state index < -0.39 is 0 Å². The molecule has 0 spiro atoms. The number of fused-ring (bicyclic) bond motifs is 1. The topological polar surface area (TPSA) is 67.4 Å². The summed E-state index contributed by atoms with van der Waals surface area (Å²) in [6.07, 6.45) is 5.95. The molecule has 0 bridgehead atoms. The SMILES string of the molecule is CCCSCCCNC(=O)C1CCC2O/C(=C/c3cccc(Cl)c3)C(=O)NC2C1. The predicted octanol–water partition coefficient (Wildman–Crippen LogP) is 4.01. The zero-order valence-corrected chi connectivity index (χ0v) is 18.4. The number of thioether (sulfide) groups is 1. The minimum absolute atomic E-state index is 0.0677. The third-order valence-corrected chi connectivity index (χ3v) is 6.75. The molecule has 7 heteroatoms. The Labute approximate surface area is 182 Å². The molecule has 2 fully saturated rings. The summed E-state index contributed by atoms with van der Waals surface area (Å²) in [5, 5.41) is 6.70. The summed E-state index contributed by atoms with van der Waals surface area (Å²) in [7, 11) is 0. The number of carbonyl (C=O) groups is 2. The highest BCUT2D eigenvalue weighted by Gasteiger charge is 2.40. The van der Waals surface area contributed by atoms with Crippen LogP contribution in [0.3, 0.4) is 0 Å². The third kappa shape index (κ3) is 6.41. The Kier molecular flexibility index (Phi) is 8.30. The number of hydrogen-bond acceptors (Lipinski definition) is 4. The van der Waals surface area contributed by atoms with Gasteiger partial charge >= 0.3 is 0 Å². The maximum Gasteiger partial charge on any atom is 0.286 e. The van der Waals surface area contributed by atoms with Crippen LogP contribution in [0.5, 0.6) is 0 Å². The fraction of sp³-hybridized carbons (Fsp3) is 0.545. The molecule has 1 aromatic carbocycles. The first-order valence-corrected chi connectivity index (χ1v) is 11.9. The number of amides is 2. The number of benzene rings is 1. The molecule has 1 saturated carbocycles. The summed E-state index contributed by atoms with van der Waals surface area (Å²) in [5.41, 5.74) is 0.825. The molecule has 2 N–H and O–H groups in total. The van der Waals surface area contributed by atoms with Gasteiger partial charge in [0.25, 0.3) is 5.91 Å². The predicted molar refractivity (Wildman–Crippen MR) is 119 cm³/mol. The maximum atomic E-state index is 12.5. The number of ether oxygens (including phenoxy) is 1. The van der Waals surface area contributed by atoms with Crippen LogP contribution in [-0.4, -0.2) is 42.0 Å². The highest BCUT2D eigenvalue weighted by atomic mass is 35.5. The second-order valence-electron chi connectivity index (χ2n) is 7.57. The lowest BCUT2D eigenvalue weighted by atomic mass is 9.82. The van der Waals surface area contributed by atoms with E-state index in [1.54, 1.807) is 18.2 Å². The van der Waals surface area contributed by atoms with Crippen LogP contribution in [0.2, 0.25) is 5.02 Å². The highest BCUT2D eigenvalue weighted by Crippen LogP contribution is 2.31. The third-order valence-electron chi connectivity index (χ3n) is 5.24. The fourth-order valence-electron chi connectivity index (χ4n) is 3.75. The summed E-state index contributed by atoms with van der Waals surface area (Å²) in [6, 6.07) is 7.18. The van der Waals surface area contributed by atoms with Crippen molar-refractivity contribution < 1.29 is 14.3 Å². The van der Waals surface area contributed by atoms with Crippen molar-refractivity contribution in [2.24, 2.45) is 5.92 Å². The van der Waals surface area contributed by atoms with Crippen molar-refractivity contribution in [2.75, 3.05) is 18.1 Å². The normalized spacial score (nSPS) is 25.1. The number of morpholine rings is 1. The van der Waals surface area contributed by atoms with Crippen LogP contribution in [0.4, 0.5) is 0 Å². The van der Waals surface area contributed by atoms with Gasteiger partial charge in [-0.3, -0.25) is 9.59 Å². The number of carbonyl (C=O) groups excluding carboxylic acids is 2. The van der Waals surface area contributed by atoms with Crippen LogP contribution in [0.15, 0.2) is 30.0 Å². The van der Waals surface area contributed by atoms with Crippen molar-refractivity contribution in [2.45, 2.75) is 51.2 Å². The monoisotopic (exact) mass is 436 g/mol. The molecule has 29 heavy (non-hydrogen) atoms. The zero-order valence-electron chi connectivity index (χ0n) is 16.8. The van der Waals surface area contributed by atoms with E-state index in [2.05, 4.69) is 17.6 Å². The van der Waals surface area contributed by atoms with Crippen molar-refractivity contribution in [1.29, 1.82) is 0 Å². The lowest BCUT2D eigenvalue weighted by molar-refractivity contribution is -0.134. The van der Waals surface area contributed by atoms with Crippen molar-refractivity contribution in [3.8, 4) is 0 Å². The molecular formula is C22H29ClN2O3S. The molecule has 3 atom stereocenters. The highest BCUT2D eigenvalue weighted by molar-refractivity contribution is 7.99. The van der Waals surface area contributed by atoms with Gasteiger partial charge in [-0.2, -0.15) is 11.8 Å². The number of hydrogen-bond donors (Lipinski definition) is 2. The summed E-state index contributed by atoms with van der Waals surface area (Å²) < 4.78 is 5.98. The molecule has 1 aliphatic carbocycles. The molecule has 1 saturated heterocycles.